The summed E-state index contributed by atoms with van der Waals surface area (Å²) in [6.07, 6.45) is 1.99. The lowest BCUT2D eigenvalue weighted by Gasteiger charge is -2.04. The number of hydrogen-bond donors (Lipinski definition) is 1. The predicted octanol–water partition coefficient (Wildman–Crippen LogP) is 2.76. The average molecular weight is 354 g/mol. The number of amides is 1. The van der Waals surface area contributed by atoms with Crippen molar-refractivity contribution in [1.82, 2.24) is 5.32 Å². The third kappa shape index (κ3) is 4.51. The van der Waals surface area contributed by atoms with E-state index < -0.39 is 4.92 Å². The molecule has 1 N–H and O–H groups in total. The van der Waals surface area contributed by atoms with E-state index in [2.05, 4.69) is 15.5 Å². The van der Waals surface area contributed by atoms with E-state index in [1.165, 1.54) is 23.9 Å². The van der Waals surface area contributed by atoms with Crippen molar-refractivity contribution in [3.05, 3.63) is 75.8 Å². The van der Waals surface area contributed by atoms with E-state index in [0.29, 0.717) is 11.6 Å². The Morgan fingerprint density at radius 3 is 2.76 bits per heavy atom. The molecule has 8 heteroatoms. The highest BCUT2D eigenvalue weighted by Crippen LogP contribution is 2.24. The molecule has 7 nitrogen and oxygen atoms in total. The maximum Gasteiger partial charge on any atom is 0.269 e. The van der Waals surface area contributed by atoms with E-state index >= 15 is 0 Å². The molecule has 1 heterocycles. The molecule has 1 atom stereocenters. The van der Waals surface area contributed by atoms with Crippen molar-refractivity contribution in [3.8, 4) is 0 Å². The standard InChI is InChI=1S/C17H14N4O3S/c22-16-15(10-13-7-4-8-14(9-13)21(23)24)25-17(19-16)20-18-11-12-5-2-1-3-6-12/h1-9,11,15H,10H2,(H,19,20,22)/b18-11+. The first-order valence-corrected chi connectivity index (χ1v) is 8.37. The molecule has 1 unspecified atom stereocenters. The van der Waals surface area contributed by atoms with Crippen LogP contribution < -0.4 is 5.32 Å². The van der Waals surface area contributed by atoms with E-state index in [-0.39, 0.29) is 16.8 Å². The van der Waals surface area contributed by atoms with Gasteiger partial charge in [-0.15, -0.1) is 5.10 Å². The van der Waals surface area contributed by atoms with Crippen LogP contribution in [0, 0.1) is 10.1 Å². The Labute approximate surface area is 148 Å². The predicted molar refractivity (Wildman–Crippen MR) is 97.8 cm³/mol. The van der Waals surface area contributed by atoms with Crippen LogP contribution in [0.2, 0.25) is 0 Å². The first kappa shape index (κ1) is 16.8. The molecule has 1 aliphatic rings. The van der Waals surface area contributed by atoms with Crippen LogP contribution >= 0.6 is 11.8 Å². The van der Waals surface area contributed by atoms with Gasteiger partial charge in [0.1, 0.15) is 0 Å². The molecule has 3 rings (SSSR count). The zero-order valence-electron chi connectivity index (χ0n) is 13.0. The molecule has 2 aromatic carbocycles. The van der Waals surface area contributed by atoms with Gasteiger partial charge in [-0.25, -0.2) is 0 Å². The van der Waals surface area contributed by atoms with Gasteiger partial charge in [0.15, 0.2) is 5.17 Å². The summed E-state index contributed by atoms with van der Waals surface area (Å²) in [6.45, 7) is 0. The van der Waals surface area contributed by atoms with Crippen LogP contribution in [-0.4, -0.2) is 27.5 Å². The van der Waals surface area contributed by atoms with Gasteiger partial charge in [0.05, 0.1) is 16.4 Å². The van der Waals surface area contributed by atoms with Crippen molar-refractivity contribution in [2.24, 2.45) is 10.2 Å². The number of nitro groups is 1. The second-order valence-corrected chi connectivity index (χ2v) is 6.48. The van der Waals surface area contributed by atoms with Crippen molar-refractivity contribution >= 4 is 34.7 Å². The first-order valence-electron chi connectivity index (χ1n) is 7.49. The Balaban J connectivity index is 1.64. The monoisotopic (exact) mass is 354 g/mol. The smallest absolute Gasteiger partial charge is 0.269 e. The zero-order valence-corrected chi connectivity index (χ0v) is 13.8. The molecular weight excluding hydrogens is 340 g/mol. The topological polar surface area (TPSA) is 97.0 Å². The fourth-order valence-corrected chi connectivity index (χ4v) is 3.25. The number of amidine groups is 1. The van der Waals surface area contributed by atoms with E-state index in [1.54, 1.807) is 18.3 Å². The minimum Gasteiger partial charge on any atom is -0.303 e. The zero-order chi connectivity index (χ0) is 17.6. The Morgan fingerprint density at radius 1 is 1.20 bits per heavy atom. The number of carbonyl (C=O) groups is 1. The number of rotatable bonds is 5. The van der Waals surface area contributed by atoms with Crippen LogP contribution in [-0.2, 0) is 11.2 Å². The summed E-state index contributed by atoms with van der Waals surface area (Å²) < 4.78 is 0. The van der Waals surface area contributed by atoms with E-state index in [1.807, 2.05) is 30.3 Å². The number of hydrogen-bond acceptors (Lipinski definition) is 6. The molecule has 126 valence electrons. The van der Waals surface area contributed by atoms with Gasteiger partial charge in [-0.1, -0.05) is 54.2 Å². The Kier molecular flexibility index (Phi) is 5.20. The first-order chi connectivity index (χ1) is 12.1. The summed E-state index contributed by atoms with van der Waals surface area (Å²) in [4.78, 5) is 22.4. The third-order valence-corrected chi connectivity index (χ3v) is 4.55. The van der Waals surface area contributed by atoms with Gasteiger partial charge in [0.25, 0.3) is 5.69 Å². The van der Waals surface area contributed by atoms with Crippen LogP contribution in [0.5, 0.6) is 0 Å². The molecular formula is C17H14N4O3S. The van der Waals surface area contributed by atoms with Gasteiger partial charge < -0.3 is 5.32 Å². The molecule has 2 aromatic rings. The summed E-state index contributed by atoms with van der Waals surface area (Å²) >= 11 is 1.27. The SMILES string of the molecule is O=C1NC(=N/N=C/c2ccccc2)SC1Cc1cccc([N+](=O)[O-])c1. The van der Waals surface area contributed by atoms with Gasteiger partial charge >= 0.3 is 0 Å². The molecule has 0 aliphatic carbocycles. The molecule has 0 spiro atoms. The lowest BCUT2D eigenvalue weighted by molar-refractivity contribution is -0.384. The van der Waals surface area contributed by atoms with Crippen molar-refractivity contribution in [3.63, 3.8) is 0 Å². The van der Waals surface area contributed by atoms with Gasteiger partial charge in [0.2, 0.25) is 5.91 Å². The number of nitro benzene ring substituents is 1. The molecule has 0 bridgehead atoms. The number of thioether (sulfide) groups is 1. The van der Waals surface area contributed by atoms with E-state index in [4.69, 9.17) is 0 Å². The minimum atomic E-state index is -0.448. The fourth-order valence-electron chi connectivity index (χ4n) is 2.28. The molecule has 0 aromatic heterocycles. The number of non-ortho nitro benzene ring substituents is 1. The third-order valence-electron chi connectivity index (χ3n) is 3.47. The molecule has 1 aliphatic heterocycles. The Hall–Kier alpha value is -3.00. The largest absolute Gasteiger partial charge is 0.303 e. The number of benzene rings is 2. The summed E-state index contributed by atoms with van der Waals surface area (Å²) in [5.41, 5.74) is 1.66. The number of nitrogens with one attached hydrogen (secondary N) is 1. The summed E-state index contributed by atoms with van der Waals surface area (Å²) in [6, 6.07) is 15.8. The molecule has 1 saturated heterocycles. The van der Waals surface area contributed by atoms with Crippen molar-refractivity contribution in [2.45, 2.75) is 11.7 Å². The molecule has 0 saturated carbocycles. The van der Waals surface area contributed by atoms with Gasteiger partial charge in [-0.3, -0.25) is 14.9 Å². The average Bonchev–Trinajstić information content (AvgIpc) is 2.95. The van der Waals surface area contributed by atoms with Crippen LogP contribution in [0.4, 0.5) is 5.69 Å². The number of carbonyl (C=O) groups excluding carboxylic acids is 1. The van der Waals surface area contributed by atoms with Crippen LogP contribution in [0.3, 0.4) is 0 Å². The molecule has 0 radical (unpaired) electrons. The highest BCUT2D eigenvalue weighted by molar-refractivity contribution is 8.15. The second-order valence-electron chi connectivity index (χ2n) is 5.29. The lowest BCUT2D eigenvalue weighted by Crippen LogP contribution is -2.25. The van der Waals surface area contributed by atoms with Crippen molar-refractivity contribution < 1.29 is 9.72 Å². The van der Waals surface area contributed by atoms with E-state index in [0.717, 1.165) is 11.1 Å². The van der Waals surface area contributed by atoms with Gasteiger partial charge in [-0.05, 0) is 17.5 Å². The summed E-state index contributed by atoms with van der Waals surface area (Å²) in [7, 11) is 0. The summed E-state index contributed by atoms with van der Waals surface area (Å²) in [5, 5.41) is 21.5. The minimum absolute atomic E-state index is 0.0160. The van der Waals surface area contributed by atoms with Gasteiger partial charge in [-0.2, -0.15) is 5.10 Å². The molecule has 1 fully saturated rings. The normalized spacial score (nSPS) is 18.6. The van der Waals surface area contributed by atoms with Crippen LogP contribution in [0.1, 0.15) is 11.1 Å². The highest BCUT2D eigenvalue weighted by Gasteiger charge is 2.30. The molecule has 25 heavy (non-hydrogen) atoms. The van der Waals surface area contributed by atoms with Crippen LogP contribution in [0.25, 0.3) is 0 Å². The van der Waals surface area contributed by atoms with Crippen LogP contribution in [0.15, 0.2) is 64.8 Å². The lowest BCUT2D eigenvalue weighted by atomic mass is 10.1. The Morgan fingerprint density at radius 2 is 2.00 bits per heavy atom. The number of nitrogens with zero attached hydrogens (tertiary/aromatic N) is 3. The summed E-state index contributed by atoms with van der Waals surface area (Å²) in [5.74, 6) is -0.176. The fraction of sp³-hybridized carbons (Fsp3) is 0.118. The maximum absolute atomic E-state index is 12.0. The Bertz CT molecular complexity index is 852. The quantitative estimate of drug-likeness (QED) is 0.507. The molecule has 1 amide bonds. The van der Waals surface area contributed by atoms with E-state index in [9.17, 15) is 14.9 Å². The van der Waals surface area contributed by atoms with Gasteiger partial charge in [0, 0.05) is 12.1 Å². The highest BCUT2D eigenvalue weighted by atomic mass is 32.2. The van der Waals surface area contributed by atoms with Crippen molar-refractivity contribution in [2.75, 3.05) is 0 Å². The maximum atomic E-state index is 12.0. The van der Waals surface area contributed by atoms with Crippen molar-refractivity contribution in [1.29, 1.82) is 0 Å². The second kappa shape index (κ2) is 7.71.